The molecule has 1 aromatic rings. The van der Waals surface area contributed by atoms with E-state index in [2.05, 4.69) is 0 Å². The fourth-order valence-corrected chi connectivity index (χ4v) is 1.69. The summed E-state index contributed by atoms with van der Waals surface area (Å²) in [7, 11) is 0. The second-order valence-corrected chi connectivity index (χ2v) is 3.49. The minimum Gasteiger partial charge on any atom is -0.364 e. The summed E-state index contributed by atoms with van der Waals surface area (Å²) in [6.45, 7) is 0.488. The van der Waals surface area contributed by atoms with Gasteiger partial charge >= 0.3 is 0 Å². The van der Waals surface area contributed by atoms with Gasteiger partial charge in [0.15, 0.2) is 0 Å². The monoisotopic (exact) mass is 196 g/mol. The Labute approximate surface area is 80.3 Å². The zero-order valence-electron chi connectivity index (χ0n) is 7.35. The first-order valence-electron chi connectivity index (χ1n) is 4.54. The molecule has 0 bridgehead atoms. The van der Waals surface area contributed by atoms with Crippen molar-refractivity contribution in [2.75, 3.05) is 6.61 Å². The normalized spacial score (nSPS) is 35.1. The van der Waals surface area contributed by atoms with Crippen molar-refractivity contribution >= 4 is 0 Å². The minimum atomic E-state index is -0.251. The number of rotatable bonds is 1. The third kappa shape index (κ3) is 1.32. The van der Waals surface area contributed by atoms with Crippen LogP contribution in [-0.4, -0.2) is 18.8 Å². The van der Waals surface area contributed by atoms with Crippen LogP contribution in [0.4, 0.5) is 4.39 Å². The predicted octanol–water partition coefficient (Wildman–Crippen LogP) is 1.60. The second-order valence-electron chi connectivity index (χ2n) is 3.49. The van der Waals surface area contributed by atoms with Gasteiger partial charge in [0.25, 0.3) is 0 Å². The molecular weight excluding hydrogens is 187 g/mol. The topological polar surface area (TPSA) is 31.0 Å². The lowest BCUT2D eigenvalue weighted by Gasteiger charge is -2.18. The summed E-state index contributed by atoms with van der Waals surface area (Å²) < 4.78 is 18.0. The van der Waals surface area contributed by atoms with E-state index in [0.29, 0.717) is 6.61 Å². The number of hydrogen-bond donors (Lipinski definition) is 0. The largest absolute Gasteiger partial charge is 0.364 e. The minimum absolute atomic E-state index is 0.0780. The Hall–Kier alpha value is -0.970. The Morgan fingerprint density at radius 2 is 2.00 bits per heavy atom. The number of ether oxygens (including phenoxy) is 1. The molecule has 4 heteroatoms. The highest BCUT2D eigenvalue weighted by Gasteiger charge is 2.50. The molecule has 0 aromatic heterocycles. The van der Waals surface area contributed by atoms with Gasteiger partial charge < -0.3 is 4.74 Å². The van der Waals surface area contributed by atoms with E-state index in [1.807, 2.05) is 0 Å². The summed E-state index contributed by atoms with van der Waals surface area (Å²) in [5, 5.41) is 0. The van der Waals surface area contributed by atoms with E-state index in [-0.39, 0.29) is 24.1 Å². The van der Waals surface area contributed by atoms with E-state index in [1.165, 1.54) is 12.1 Å². The molecule has 2 heterocycles. The van der Waals surface area contributed by atoms with Crippen LogP contribution >= 0.6 is 0 Å². The Morgan fingerprint density at radius 3 is 2.79 bits per heavy atom. The Balaban J connectivity index is 1.84. The molecule has 0 aliphatic carbocycles. The van der Waals surface area contributed by atoms with Crippen LogP contribution in [0.2, 0.25) is 0 Å². The van der Waals surface area contributed by atoms with Crippen LogP contribution in [-0.2, 0) is 14.5 Å². The number of fused-ring (bicyclic) bond motifs is 1. The Morgan fingerprint density at radius 1 is 1.21 bits per heavy atom. The van der Waals surface area contributed by atoms with Crippen LogP contribution < -0.4 is 0 Å². The quantitative estimate of drug-likeness (QED) is 0.505. The van der Waals surface area contributed by atoms with Crippen LogP contribution in [0.1, 0.15) is 11.7 Å². The summed E-state index contributed by atoms with van der Waals surface area (Å²) in [4.78, 5) is 10.0. The van der Waals surface area contributed by atoms with Crippen LogP contribution in [0.3, 0.4) is 0 Å². The Bertz CT molecular complexity index is 338. The zero-order valence-corrected chi connectivity index (χ0v) is 7.35. The molecule has 74 valence electrons. The maximum Gasteiger partial charge on any atom is 0.147 e. The van der Waals surface area contributed by atoms with Crippen LogP contribution in [0.15, 0.2) is 24.3 Å². The van der Waals surface area contributed by atoms with E-state index in [1.54, 1.807) is 12.1 Å². The molecule has 3 nitrogen and oxygen atoms in total. The number of epoxide rings is 1. The van der Waals surface area contributed by atoms with Crippen LogP contribution in [0, 0.1) is 5.82 Å². The van der Waals surface area contributed by atoms with Gasteiger partial charge in [-0.2, -0.15) is 0 Å². The van der Waals surface area contributed by atoms with Gasteiger partial charge in [0.1, 0.15) is 30.7 Å². The molecule has 0 N–H and O–H groups in total. The first kappa shape index (κ1) is 8.35. The van der Waals surface area contributed by atoms with E-state index in [4.69, 9.17) is 14.5 Å². The smallest absolute Gasteiger partial charge is 0.147 e. The van der Waals surface area contributed by atoms with Gasteiger partial charge in [0.2, 0.25) is 0 Å². The molecule has 2 aliphatic rings. The molecule has 0 radical (unpaired) electrons. The van der Waals surface area contributed by atoms with Crippen molar-refractivity contribution in [1.29, 1.82) is 0 Å². The number of benzene rings is 1. The van der Waals surface area contributed by atoms with E-state index in [9.17, 15) is 4.39 Å². The lowest BCUT2D eigenvalue weighted by Crippen LogP contribution is -2.22. The van der Waals surface area contributed by atoms with Crippen LogP contribution in [0.5, 0.6) is 0 Å². The van der Waals surface area contributed by atoms with Crippen molar-refractivity contribution < 1.29 is 18.9 Å². The molecule has 1 aromatic carbocycles. The van der Waals surface area contributed by atoms with Crippen molar-refractivity contribution in [3.8, 4) is 0 Å². The third-order valence-corrected chi connectivity index (χ3v) is 2.52. The lowest BCUT2D eigenvalue weighted by molar-refractivity contribution is -0.339. The molecule has 2 saturated heterocycles. The summed E-state index contributed by atoms with van der Waals surface area (Å²) in [6, 6.07) is 6.19. The molecule has 2 fully saturated rings. The van der Waals surface area contributed by atoms with Crippen molar-refractivity contribution in [1.82, 2.24) is 0 Å². The number of halogens is 1. The zero-order chi connectivity index (χ0) is 9.54. The molecule has 3 rings (SSSR count). The lowest BCUT2D eigenvalue weighted by atomic mass is 10.0. The second kappa shape index (κ2) is 3.02. The summed E-state index contributed by atoms with van der Waals surface area (Å²) in [6.07, 6.45) is 0.0161. The first-order valence-corrected chi connectivity index (χ1v) is 4.54. The molecule has 14 heavy (non-hydrogen) atoms. The van der Waals surface area contributed by atoms with Crippen molar-refractivity contribution in [3.05, 3.63) is 35.6 Å². The third-order valence-electron chi connectivity index (χ3n) is 2.52. The molecule has 2 aliphatic heterocycles. The van der Waals surface area contributed by atoms with Gasteiger partial charge in [-0.3, -0.25) is 0 Å². The fourth-order valence-electron chi connectivity index (χ4n) is 1.69. The molecule has 3 atom stereocenters. The average molecular weight is 196 g/mol. The average Bonchev–Trinajstić information content (AvgIpc) is 2.97. The van der Waals surface area contributed by atoms with Gasteiger partial charge in [-0.25, -0.2) is 14.2 Å². The molecule has 0 saturated carbocycles. The van der Waals surface area contributed by atoms with E-state index >= 15 is 0 Å². The highest BCUT2D eigenvalue weighted by atomic mass is 19.1. The maximum absolute atomic E-state index is 12.7. The van der Waals surface area contributed by atoms with Gasteiger partial charge in [-0.05, 0) is 17.7 Å². The molecular formula is C10H9FO3. The van der Waals surface area contributed by atoms with Crippen molar-refractivity contribution in [2.45, 2.75) is 18.3 Å². The highest BCUT2D eigenvalue weighted by Crippen LogP contribution is 2.40. The molecule has 0 unspecified atom stereocenters. The SMILES string of the molecule is Fc1ccc([C@H]2OOC[C@@H]3O[C@@H]32)cc1. The summed E-state index contributed by atoms with van der Waals surface area (Å²) >= 11 is 0. The number of hydrogen-bond acceptors (Lipinski definition) is 3. The molecule has 0 spiro atoms. The van der Waals surface area contributed by atoms with Crippen LogP contribution in [0.25, 0.3) is 0 Å². The van der Waals surface area contributed by atoms with Crippen molar-refractivity contribution in [3.63, 3.8) is 0 Å². The van der Waals surface area contributed by atoms with Gasteiger partial charge in [-0.1, -0.05) is 12.1 Å². The summed E-state index contributed by atoms with van der Waals surface area (Å²) in [5.41, 5.74) is 0.888. The molecule has 0 amide bonds. The van der Waals surface area contributed by atoms with Crippen molar-refractivity contribution in [2.24, 2.45) is 0 Å². The highest BCUT2D eigenvalue weighted by molar-refractivity contribution is 5.22. The van der Waals surface area contributed by atoms with Gasteiger partial charge in [0, 0.05) is 0 Å². The fraction of sp³-hybridized carbons (Fsp3) is 0.400. The van der Waals surface area contributed by atoms with Gasteiger partial charge in [-0.15, -0.1) is 0 Å². The summed E-state index contributed by atoms with van der Waals surface area (Å²) in [5.74, 6) is -0.251. The predicted molar refractivity (Wildman–Crippen MR) is 44.8 cm³/mol. The Kier molecular flexibility index (Phi) is 1.80. The van der Waals surface area contributed by atoms with E-state index in [0.717, 1.165) is 5.56 Å². The van der Waals surface area contributed by atoms with Gasteiger partial charge in [0.05, 0.1) is 0 Å². The standard InChI is InChI=1S/C10H9FO3/c11-7-3-1-6(2-4-7)9-10-8(13-10)5-12-14-9/h1-4,8-10H,5H2/t8-,9+,10-/m0/s1. The first-order chi connectivity index (χ1) is 6.84. The van der Waals surface area contributed by atoms with E-state index < -0.39 is 0 Å². The maximum atomic E-state index is 12.7.